The molecule has 0 bridgehead atoms. The van der Waals surface area contributed by atoms with Gasteiger partial charge in [0.15, 0.2) is 5.78 Å². The number of allylic oxidation sites excluding steroid dienone is 4. The Morgan fingerprint density at radius 1 is 0.676 bits per heavy atom. The van der Waals surface area contributed by atoms with Gasteiger partial charge in [0, 0.05) is 0 Å². The topological polar surface area (TPSA) is 169 Å². The highest BCUT2D eigenvalue weighted by molar-refractivity contribution is 6.25. The molecule has 0 aliphatic heterocycles. The third kappa shape index (κ3) is 4.18. The minimum atomic E-state index is -1.46. The number of aromatic carboxylic acids is 2. The van der Waals surface area contributed by atoms with Crippen molar-refractivity contribution in [3.63, 3.8) is 0 Å². The van der Waals surface area contributed by atoms with Crippen molar-refractivity contribution >= 4 is 29.3 Å². The predicted octanol–water partition coefficient (Wildman–Crippen LogP) is 3.45. The van der Waals surface area contributed by atoms with Gasteiger partial charge in [0.25, 0.3) is 0 Å². The maximum absolute atomic E-state index is 12.3. The molecule has 174 valence electrons. The van der Waals surface area contributed by atoms with Gasteiger partial charge in [0.2, 0.25) is 0 Å². The number of rotatable bonds is 5. The van der Waals surface area contributed by atoms with Crippen molar-refractivity contribution in [1.29, 1.82) is 0 Å². The third-order valence-electron chi connectivity index (χ3n) is 5.43. The monoisotopic (exact) mass is 464 g/mol. The zero-order valence-electron chi connectivity index (χ0n) is 18.3. The van der Waals surface area contributed by atoms with E-state index in [1.54, 1.807) is 0 Å². The zero-order chi connectivity index (χ0) is 25.5. The molecule has 1 aliphatic carbocycles. The number of Topliss-reactive ketones (excluding diaryl/α,β-unsaturated/α-hetero) is 1. The van der Waals surface area contributed by atoms with E-state index in [9.17, 15) is 44.7 Å². The average Bonchev–Trinajstić information content (AvgIpc) is 2.74. The highest BCUT2D eigenvalue weighted by Crippen LogP contribution is 2.38. The molecule has 1 aliphatic rings. The van der Waals surface area contributed by atoms with Crippen LogP contribution in [0.4, 0.5) is 0 Å². The van der Waals surface area contributed by atoms with Gasteiger partial charge in [-0.2, -0.15) is 0 Å². The number of hydrogen-bond donors (Lipinski definition) is 5. The average molecular weight is 464 g/mol. The Balaban J connectivity index is 2.51. The van der Waals surface area contributed by atoms with E-state index in [1.807, 2.05) is 0 Å². The maximum Gasteiger partial charge on any atom is 0.339 e. The lowest BCUT2D eigenvalue weighted by atomic mass is 9.84. The summed E-state index contributed by atoms with van der Waals surface area (Å²) in [6.45, 7) is 4.37. The summed E-state index contributed by atoms with van der Waals surface area (Å²) in [7, 11) is 0. The lowest BCUT2D eigenvalue weighted by molar-refractivity contribution is -0.134. The van der Waals surface area contributed by atoms with Gasteiger partial charge in [-0.05, 0) is 96.2 Å². The number of carboxylic acid groups (broad SMARTS) is 3. The van der Waals surface area contributed by atoms with E-state index in [0.717, 1.165) is 6.08 Å². The minimum absolute atomic E-state index is 0.107. The van der Waals surface area contributed by atoms with Crippen LogP contribution in [0.15, 0.2) is 53.1 Å². The van der Waals surface area contributed by atoms with Gasteiger partial charge in [-0.3, -0.25) is 4.79 Å². The number of carbonyl (C=O) groups is 4. The molecule has 0 heterocycles. The van der Waals surface area contributed by atoms with Crippen molar-refractivity contribution in [2.75, 3.05) is 0 Å². The third-order valence-corrected chi connectivity index (χ3v) is 5.43. The largest absolute Gasteiger partial charge is 0.507 e. The second-order valence-corrected chi connectivity index (χ2v) is 7.84. The molecule has 9 nitrogen and oxygen atoms in total. The molecule has 9 heteroatoms. The molecule has 34 heavy (non-hydrogen) atoms. The molecule has 0 saturated heterocycles. The molecule has 0 spiro atoms. The van der Waals surface area contributed by atoms with E-state index in [-0.39, 0.29) is 39.0 Å². The Kier molecular flexibility index (Phi) is 6.14. The van der Waals surface area contributed by atoms with Crippen molar-refractivity contribution in [2.24, 2.45) is 0 Å². The predicted molar refractivity (Wildman–Crippen MR) is 120 cm³/mol. The summed E-state index contributed by atoms with van der Waals surface area (Å²) in [4.78, 5) is 47.4. The fraction of sp³-hybridized carbons (Fsp3) is 0.120. The van der Waals surface area contributed by atoms with Crippen LogP contribution in [0.25, 0.3) is 5.57 Å². The number of aliphatic carboxylic acids is 1. The molecule has 2 aromatic carbocycles. The van der Waals surface area contributed by atoms with Crippen LogP contribution in [0.2, 0.25) is 0 Å². The molecule has 0 fully saturated rings. The van der Waals surface area contributed by atoms with Crippen LogP contribution in [0.5, 0.6) is 11.5 Å². The summed E-state index contributed by atoms with van der Waals surface area (Å²) < 4.78 is 0. The number of phenols is 2. The fourth-order valence-electron chi connectivity index (χ4n) is 3.75. The SMILES string of the molecule is CC1=CC(=C(c2cc(C)c(O)c(C(=O)O)c2)c2cc(C)c(O)c(C(=O)O)c2)C=C(C(=O)O)C1=O. The number of aromatic hydroxyl groups is 2. The van der Waals surface area contributed by atoms with E-state index >= 15 is 0 Å². The van der Waals surface area contributed by atoms with Crippen molar-refractivity contribution in [3.05, 3.63) is 86.5 Å². The summed E-state index contributed by atoms with van der Waals surface area (Å²) >= 11 is 0. The Labute approximate surface area is 193 Å². The first-order valence-corrected chi connectivity index (χ1v) is 9.90. The van der Waals surface area contributed by atoms with Crippen LogP contribution >= 0.6 is 0 Å². The van der Waals surface area contributed by atoms with Crippen LogP contribution < -0.4 is 0 Å². The van der Waals surface area contributed by atoms with E-state index in [1.165, 1.54) is 51.1 Å². The van der Waals surface area contributed by atoms with Gasteiger partial charge >= 0.3 is 17.9 Å². The van der Waals surface area contributed by atoms with Crippen LogP contribution in [0.1, 0.15) is 49.9 Å². The Morgan fingerprint density at radius 3 is 1.50 bits per heavy atom. The van der Waals surface area contributed by atoms with Crippen molar-refractivity contribution in [1.82, 2.24) is 0 Å². The summed E-state index contributed by atoms with van der Waals surface area (Å²) in [5.41, 5.74) is 0.0278. The zero-order valence-corrected chi connectivity index (χ0v) is 18.3. The van der Waals surface area contributed by atoms with Crippen molar-refractivity contribution < 1.29 is 44.7 Å². The highest BCUT2D eigenvalue weighted by Gasteiger charge is 2.26. The minimum Gasteiger partial charge on any atom is -0.507 e. The summed E-state index contributed by atoms with van der Waals surface area (Å²) in [5, 5.41) is 48.9. The molecular formula is C25H20O9. The van der Waals surface area contributed by atoms with Crippen LogP contribution in [0, 0.1) is 13.8 Å². The lowest BCUT2D eigenvalue weighted by Gasteiger charge is -2.19. The van der Waals surface area contributed by atoms with Gasteiger partial charge in [0.05, 0.1) is 0 Å². The van der Waals surface area contributed by atoms with Crippen LogP contribution in [0.3, 0.4) is 0 Å². The van der Waals surface area contributed by atoms with Crippen LogP contribution in [-0.2, 0) is 9.59 Å². The molecule has 0 unspecified atom stereocenters. The standard InChI is InChI=1S/C25H20O9/c1-10-4-13(7-16(20(10)26)23(29)30)19(14-5-11(2)21(27)17(8-14)24(31)32)15-6-12(3)22(28)18(9-15)25(33)34/h4-9,26-27H,1-3H3,(H,29,30)(H,31,32)(H,33,34). The molecular weight excluding hydrogens is 444 g/mol. The number of carboxylic acids is 3. The van der Waals surface area contributed by atoms with E-state index in [2.05, 4.69) is 0 Å². The molecule has 2 aromatic rings. The molecule has 0 aromatic heterocycles. The number of ketones is 1. The molecule has 0 radical (unpaired) electrons. The Hall–Kier alpha value is -4.66. The number of benzene rings is 2. The molecule has 0 amide bonds. The molecule has 0 saturated carbocycles. The van der Waals surface area contributed by atoms with Gasteiger partial charge in [0.1, 0.15) is 28.2 Å². The summed E-state index contributed by atoms with van der Waals surface area (Å²) in [5.74, 6) is -5.89. The van der Waals surface area contributed by atoms with Gasteiger partial charge < -0.3 is 25.5 Å². The number of aryl methyl sites for hydroxylation is 2. The first-order chi connectivity index (χ1) is 15.8. The van der Waals surface area contributed by atoms with E-state index < -0.39 is 51.9 Å². The molecule has 5 N–H and O–H groups in total. The number of carbonyl (C=O) groups excluding carboxylic acids is 1. The second-order valence-electron chi connectivity index (χ2n) is 7.84. The summed E-state index contributed by atoms with van der Waals surface area (Å²) in [6, 6.07) is 5.26. The first-order valence-electron chi connectivity index (χ1n) is 9.90. The maximum atomic E-state index is 12.3. The van der Waals surface area contributed by atoms with Crippen LogP contribution in [-0.4, -0.2) is 49.2 Å². The van der Waals surface area contributed by atoms with E-state index in [4.69, 9.17) is 0 Å². The molecule has 3 rings (SSSR count). The van der Waals surface area contributed by atoms with Gasteiger partial charge in [-0.25, -0.2) is 14.4 Å². The van der Waals surface area contributed by atoms with E-state index in [0.29, 0.717) is 0 Å². The van der Waals surface area contributed by atoms with Gasteiger partial charge in [-0.15, -0.1) is 0 Å². The first kappa shape index (κ1) is 24.0. The highest BCUT2D eigenvalue weighted by atomic mass is 16.4. The Bertz CT molecular complexity index is 1320. The van der Waals surface area contributed by atoms with Crippen molar-refractivity contribution in [2.45, 2.75) is 20.8 Å². The quantitative estimate of drug-likeness (QED) is 0.416. The smallest absolute Gasteiger partial charge is 0.339 e. The fourth-order valence-corrected chi connectivity index (χ4v) is 3.75. The Morgan fingerprint density at radius 2 is 1.12 bits per heavy atom. The number of hydrogen-bond acceptors (Lipinski definition) is 6. The lowest BCUT2D eigenvalue weighted by Crippen LogP contribution is -2.17. The van der Waals surface area contributed by atoms with Crippen molar-refractivity contribution in [3.8, 4) is 11.5 Å². The second kappa shape index (κ2) is 8.70. The molecule has 0 atom stereocenters. The van der Waals surface area contributed by atoms with Gasteiger partial charge in [-0.1, -0.05) is 0 Å². The summed E-state index contributed by atoms with van der Waals surface area (Å²) in [6.07, 6.45) is 2.54. The normalized spacial score (nSPS) is 13.3.